The summed E-state index contributed by atoms with van der Waals surface area (Å²) >= 11 is 0. The highest BCUT2D eigenvalue weighted by atomic mass is 16.6. The number of furan rings is 1. The van der Waals surface area contributed by atoms with E-state index < -0.39 is 0 Å². The van der Waals surface area contributed by atoms with Gasteiger partial charge in [-0.1, -0.05) is 18.2 Å². The van der Waals surface area contributed by atoms with Crippen LogP contribution in [-0.4, -0.2) is 15.0 Å². The predicted octanol–water partition coefficient (Wildman–Crippen LogP) is 4.39. The lowest BCUT2D eigenvalue weighted by Crippen LogP contribution is -1.92. The molecule has 5 heteroatoms. The van der Waals surface area contributed by atoms with Crippen molar-refractivity contribution in [2.45, 2.75) is 6.92 Å². The van der Waals surface area contributed by atoms with Gasteiger partial charge in [0.05, 0.1) is 22.3 Å². The van der Waals surface area contributed by atoms with Gasteiger partial charge in [0.2, 0.25) is 0 Å². The topological polar surface area (TPSA) is 61.0 Å². The summed E-state index contributed by atoms with van der Waals surface area (Å²) in [6, 6.07) is 11.3. The van der Waals surface area contributed by atoms with E-state index >= 15 is 0 Å². The molecule has 0 aliphatic carbocycles. The Balaban J connectivity index is 1.94. The van der Waals surface area contributed by atoms with Gasteiger partial charge in [0, 0.05) is 24.8 Å². The van der Waals surface area contributed by atoms with Gasteiger partial charge in [-0.25, -0.2) is 0 Å². The Morgan fingerprint density at radius 1 is 0.957 bits per heavy atom. The Bertz CT molecular complexity index is 964. The van der Waals surface area contributed by atoms with Crippen LogP contribution in [0, 0.1) is 6.92 Å². The first-order chi connectivity index (χ1) is 11.3. The van der Waals surface area contributed by atoms with E-state index in [-0.39, 0.29) is 0 Å². The predicted molar refractivity (Wildman–Crippen MR) is 86.3 cm³/mol. The third-order valence-corrected chi connectivity index (χ3v) is 3.53. The molecule has 0 amide bonds. The van der Waals surface area contributed by atoms with Crippen LogP contribution < -0.4 is 4.74 Å². The van der Waals surface area contributed by atoms with Gasteiger partial charge < -0.3 is 9.15 Å². The summed E-state index contributed by atoms with van der Waals surface area (Å²) in [5.74, 6) is 1.09. The van der Waals surface area contributed by atoms with E-state index in [0.29, 0.717) is 17.3 Å². The van der Waals surface area contributed by atoms with Crippen molar-refractivity contribution in [1.29, 1.82) is 0 Å². The molecule has 23 heavy (non-hydrogen) atoms. The fourth-order valence-corrected chi connectivity index (χ4v) is 2.46. The third kappa shape index (κ3) is 2.42. The SMILES string of the molecule is Cc1nccnc1-c1c(Oc2ccccc2)oc2ccncc12. The lowest BCUT2D eigenvalue weighted by Gasteiger charge is -2.06. The van der Waals surface area contributed by atoms with E-state index in [1.807, 2.05) is 43.3 Å². The largest absolute Gasteiger partial charge is 0.425 e. The molecule has 0 N–H and O–H groups in total. The maximum Gasteiger partial charge on any atom is 0.301 e. The van der Waals surface area contributed by atoms with E-state index in [0.717, 1.165) is 22.3 Å². The zero-order valence-electron chi connectivity index (χ0n) is 12.4. The smallest absolute Gasteiger partial charge is 0.301 e. The molecule has 4 rings (SSSR count). The fourth-order valence-electron chi connectivity index (χ4n) is 2.46. The number of nitrogens with zero attached hydrogens (tertiary/aromatic N) is 3. The van der Waals surface area contributed by atoms with Crippen LogP contribution in [-0.2, 0) is 0 Å². The molecule has 0 radical (unpaired) electrons. The lowest BCUT2D eigenvalue weighted by molar-refractivity contribution is 0.362. The Morgan fingerprint density at radius 3 is 2.61 bits per heavy atom. The number of pyridine rings is 1. The van der Waals surface area contributed by atoms with E-state index in [4.69, 9.17) is 9.15 Å². The molecule has 3 heterocycles. The van der Waals surface area contributed by atoms with Crippen molar-refractivity contribution in [3.63, 3.8) is 0 Å². The molecule has 112 valence electrons. The minimum Gasteiger partial charge on any atom is -0.425 e. The Labute approximate surface area is 132 Å². The van der Waals surface area contributed by atoms with Gasteiger partial charge in [-0.3, -0.25) is 15.0 Å². The number of hydrogen-bond acceptors (Lipinski definition) is 5. The van der Waals surface area contributed by atoms with E-state index in [2.05, 4.69) is 15.0 Å². The monoisotopic (exact) mass is 303 g/mol. The van der Waals surface area contributed by atoms with Crippen molar-refractivity contribution >= 4 is 11.0 Å². The van der Waals surface area contributed by atoms with Gasteiger partial charge in [-0.05, 0) is 25.1 Å². The number of hydrogen-bond donors (Lipinski definition) is 0. The Morgan fingerprint density at radius 2 is 1.78 bits per heavy atom. The van der Waals surface area contributed by atoms with Crippen molar-refractivity contribution in [3.05, 3.63) is 66.9 Å². The van der Waals surface area contributed by atoms with E-state index in [9.17, 15) is 0 Å². The maximum absolute atomic E-state index is 5.94. The van der Waals surface area contributed by atoms with Gasteiger partial charge in [0.15, 0.2) is 0 Å². The van der Waals surface area contributed by atoms with Crippen molar-refractivity contribution in [2.75, 3.05) is 0 Å². The minimum absolute atomic E-state index is 0.391. The van der Waals surface area contributed by atoms with Crippen LogP contribution in [0.3, 0.4) is 0 Å². The molecule has 0 unspecified atom stereocenters. The maximum atomic E-state index is 5.94. The first-order valence-corrected chi connectivity index (χ1v) is 7.20. The van der Waals surface area contributed by atoms with Crippen molar-refractivity contribution in [1.82, 2.24) is 15.0 Å². The van der Waals surface area contributed by atoms with E-state index in [1.54, 1.807) is 24.8 Å². The molecule has 0 fully saturated rings. The highest BCUT2D eigenvalue weighted by molar-refractivity contribution is 5.96. The highest BCUT2D eigenvalue weighted by Gasteiger charge is 2.21. The number of aromatic nitrogens is 3. The fraction of sp³-hybridized carbons (Fsp3) is 0.0556. The number of benzene rings is 1. The second-order valence-electron chi connectivity index (χ2n) is 5.04. The van der Waals surface area contributed by atoms with Crippen LogP contribution in [0.1, 0.15) is 5.69 Å². The number of ether oxygens (including phenoxy) is 1. The molecular formula is C18H13N3O2. The summed E-state index contributed by atoms with van der Waals surface area (Å²) in [7, 11) is 0. The quantitative estimate of drug-likeness (QED) is 0.562. The second-order valence-corrected chi connectivity index (χ2v) is 5.04. The number of para-hydroxylation sites is 1. The van der Waals surface area contributed by atoms with Crippen LogP contribution in [0.25, 0.3) is 22.2 Å². The summed E-state index contributed by atoms with van der Waals surface area (Å²) < 4.78 is 11.8. The zero-order chi connectivity index (χ0) is 15.6. The number of aryl methyl sites for hydroxylation is 1. The molecule has 3 aromatic heterocycles. The molecule has 0 saturated heterocycles. The summed E-state index contributed by atoms with van der Waals surface area (Å²) in [5, 5.41) is 0.849. The summed E-state index contributed by atoms with van der Waals surface area (Å²) in [6.07, 6.45) is 6.76. The Kier molecular flexibility index (Phi) is 3.24. The number of rotatable bonds is 3. The van der Waals surface area contributed by atoms with Crippen molar-refractivity contribution in [3.8, 4) is 23.0 Å². The third-order valence-electron chi connectivity index (χ3n) is 3.53. The van der Waals surface area contributed by atoms with Crippen molar-refractivity contribution in [2.24, 2.45) is 0 Å². The lowest BCUT2D eigenvalue weighted by atomic mass is 10.1. The average Bonchev–Trinajstić information content (AvgIpc) is 2.94. The summed E-state index contributed by atoms with van der Waals surface area (Å²) in [5.41, 5.74) is 3.00. The van der Waals surface area contributed by atoms with Crippen LogP contribution in [0.4, 0.5) is 0 Å². The summed E-state index contributed by atoms with van der Waals surface area (Å²) in [4.78, 5) is 12.9. The minimum atomic E-state index is 0.391. The first-order valence-electron chi connectivity index (χ1n) is 7.20. The molecule has 0 bridgehead atoms. The Hall–Kier alpha value is -3.21. The van der Waals surface area contributed by atoms with Gasteiger partial charge in [0.25, 0.3) is 0 Å². The van der Waals surface area contributed by atoms with Crippen LogP contribution >= 0.6 is 0 Å². The number of fused-ring (bicyclic) bond motifs is 1. The van der Waals surface area contributed by atoms with Crippen LogP contribution in [0.2, 0.25) is 0 Å². The molecule has 0 atom stereocenters. The molecule has 0 aliphatic rings. The van der Waals surface area contributed by atoms with Crippen LogP contribution in [0.5, 0.6) is 11.7 Å². The first kappa shape index (κ1) is 13.5. The zero-order valence-corrected chi connectivity index (χ0v) is 12.4. The normalized spacial score (nSPS) is 10.8. The second kappa shape index (κ2) is 5.53. The average molecular weight is 303 g/mol. The van der Waals surface area contributed by atoms with Gasteiger partial charge in [-0.2, -0.15) is 0 Å². The van der Waals surface area contributed by atoms with Crippen LogP contribution in [0.15, 0.2) is 65.6 Å². The molecule has 0 saturated carbocycles. The molecule has 0 aliphatic heterocycles. The summed E-state index contributed by atoms with van der Waals surface area (Å²) in [6.45, 7) is 1.91. The van der Waals surface area contributed by atoms with E-state index in [1.165, 1.54) is 0 Å². The molecule has 4 aromatic rings. The van der Waals surface area contributed by atoms with Crippen molar-refractivity contribution < 1.29 is 9.15 Å². The molecule has 1 aromatic carbocycles. The van der Waals surface area contributed by atoms with Gasteiger partial charge >= 0.3 is 5.95 Å². The highest BCUT2D eigenvalue weighted by Crippen LogP contribution is 2.41. The van der Waals surface area contributed by atoms with Gasteiger partial charge in [-0.15, -0.1) is 0 Å². The molecule has 0 spiro atoms. The molecular weight excluding hydrogens is 290 g/mol. The standard InChI is InChI=1S/C18H13N3O2/c1-12-17(21-10-9-20-12)16-14-11-19-8-7-15(14)23-18(16)22-13-5-3-2-4-6-13/h2-11H,1H3. The van der Waals surface area contributed by atoms with Gasteiger partial charge in [0.1, 0.15) is 11.3 Å². The molecule has 5 nitrogen and oxygen atoms in total.